The van der Waals surface area contributed by atoms with Gasteiger partial charge in [0.2, 0.25) is 0 Å². The van der Waals surface area contributed by atoms with Crippen LogP contribution in [0.15, 0.2) is 24.3 Å². The zero-order valence-corrected chi connectivity index (χ0v) is 9.23. The molecule has 0 saturated carbocycles. The van der Waals surface area contributed by atoms with Crippen LogP contribution in [-0.4, -0.2) is 19.0 Å². The second-order valence-electron chi connectivity index (χ2n) is 3.63. The molecule has 0 spiro atoms. The Labute approximate surface area is 94.6 Å². The van der Waals surface area contributed by atoms with E-state index in [1.807, 2.05) is 18.2 Å². The van der Waals surface area contributed by atoms with Gasteiger partial charge in [-0.2, -0.15) is 0 Å². The first-order valence-corrected chi connectivity index (χ1v) is 5.47. The molecular weight excluding hydrogens is 206 g/mol. The van der Waals surface area contributed by atoms with Gasteiger partial charge in [0.05, 0.1) is 6.61 Å². The number of carbonyl (C=O) groups is 1. The van der Waals surface area contributed by atoms with Crippen molar-refractivity contribution in [2.24, 2.45) is 0 Å². The first kappa shape index (κ1) is 10.8. The largest absolute Gasteiger partial charge is 0.510 e. The summed E-state index contributed by atoms with van der Waals surface area (Å²) in [6.07, 6.45) is 0.789. The van der Waals surface area contributed by atoms with Gasteiger partial charge >= 0.3 is 6.16 Å². The van der Waals surface area contributed by atoms with Gasteiger partial charge in [0.25, 0.3) is 0 Å². The van der Waals surface area contributed by atoms with Crippen molar-refractivity contribution in [3.63, 3.8) is 0 Å². The Bertz CT molecular complexity index is 378. The van der Waals surface area contributed by atoms with E-state index in [9.17, 15) is 4.79 Å². The summed E-state index contributed by atoms with van der Waals surface area (Å²) in [6.45, 7) is 2.09. The highest BCUT2D eigenvalue weighted by Crippen LogP contribution is 2.24. The SMILES string of the molecule is CCOC(=O)OC1CCc2ccccc2N1. The molecule has 4 nitrogen and oxygen atoms in total. The maximum atomic E-state index is 11.1. The molecule has 1 unspecified atom stereocenters. The van der Waals surface area contributed by atoms with Gasteiger partial charge in [0.15, 0.2) is 6.23 Å². The minimum atomic E-state index is -0.612. The van der Waals surface area contributed by atoms with Crippen LogP contribution < -0.4 is 5.32 Å². The smallest absolute Gasteiger partial charge is 0.435 e. The molecule has 0 amide bonds. The van der Waals surface area contributed by atoms with Gasteiger partial charge in [0, 0.05) is 12.1 Å². The van der Waals surface area contributed by atoms with Crippen LogP contribution in [0.4, 0.5) is 10.5 Å². The number of hydrogen-bond acceptors (Lipinski definition) is 4. The molecule has 1 heterocycles. The number of benzene rings is 1. The van der Waals surface area contributed by atoms with Crippen molar-refractivity contribution in [2.75, 3.05) is 11.9 Å². The van der Waals surface area contributed by atoms with Crippen LogP contribution in [0.25, 0.3) is 0 Å². The Hall–Kier alpha value is -1.71. The van der Waals surface area contributed by atoms with Gasteiger partial charge in [-0.25, -0.2) is 4.79 Å². The lowest BCUT2D eigenvalue weighted by Crippen LogP contribution is -2.30. The van der Waals surface area contributed by atoms with E-state index < -0.39 is 6.16 Å². The zero-order chi connectivity index (χ0) is 11.4. The van der Waals surface area contributed by atoms with E-state index >= 15 is 0 Å². The van der Waals surface area contributed by atoms with Crippen molar-refractivity contribution in [1.29, 1.82) is 0 Å². The lowest BCUT2D eigenvalue weighted by atomic mass is 10.0. The highest BCUT2D eigenvalue weighted by Gasteiger charge is 2.20. The molecule has 16 heavy (non-hydrogen) atoms. The number of para-hydroxylation sites is 1. The maximum Gasteiger partial charge on any atom is 0.510 e. The number of rotatable bonds is 2. The molecule has 0 aromatic heterocycles. The number of fused-ring (bicyclic) bond motifs is 1. The van der Waals surface area contributed by atoms with Crippen molar-refractivity contribution in [3.8, 4) is 0 Å². The first-order valence-electron chi connectivity index (χ1n) is 5.47. The van der Waals surface area contributed by atoms with Gasteiger partial charge < -0.3 is 14.8 Å². The average Bonchev–Trinajstić information content (AvgIpc) is 2.29. The fourth-order valence-electron chi connectivity index (χ4n) is 1.77. The van der Waals surface area contributed by atoms with Crippen LogP contribution in [0.3, 0.4) is 0 Å². The predicted octanol–water partition coefficient (Wildman–Crippen LogP) is 2.54. The van der Waals surface area contributed by atoms with E-state index in [1.54, 1.807) is 6.92 Å². The summed E-state index contributed by atoms with van der Waals surface area (Å²) in [5.41, 5.74) is 2.29. The molecule has 0 saturated heterocycles. The van der Waals surface area contributed by atoms with E-state index in [1.165, 1.54) is 5.56 Å². The van der Waals surface area contributed by atoms with Gasteiger partial charge in [-0.3, -0.25) is 0 Å². The number of ether oxygens (including phenoxy) is 2. The number of hydrogen-bond donors (Lipinski definition) is 1. The van der Waals surface area contributed by atoms with Crippen molar-refractivity contribution >= 4 is 11.8 Å². The second kappa shape index (κ2) is 4.88. The van der Waals surface area contributed by atoms with E-state index in [0.29, 0.717) is 6.61 Å². The lowest BCUT2D eigenvalue weighted by molar-refractivity contribution is 0.0316. The van der Waals surface area contributed by atoms with Crippen LogP contribution in [0.5, 0.6) is 0 Å². The molecule has 2 rings (SSSR count). The highest BCUT2D eigenvalue weighted by molar-refractivity contribution is 5.61. The van der Waals surface area contributed by atoms with Crippen molar-refractivity contribution in [1.82, 2.24) is 0 Å². The van der Waals surface area contributed by atoms with Crippen molar-refractivity contribution < 1.29 is 14.3 Å². The van der Waals surface area contributed by atoms with Crippen LogP contribution in [0.2, 0.25) is 0 Å². The summed E-state index contributed by atoms with van der Waals surface area (Å²) in [4.78, 5) is 11.1. The average molecular weight is 221 g/mol. The third-order valence-electron chi connectivity index (χ3n) is 2.51. The third-order valence-corrected chi connectivity index (χ3v) is 2.51. The molecule has 0 aliphatic carbocycles. The summed E-state index contributed by atoms with van der Waals surface area (Å²) < 4.78 is 9.85. The Morgan fingerprint density at radius 3 is 3.12 bits per heavy atom. The normalized spacial score (nSPS) is 18.2. The summed E-state index contributed by atoms with van der Waals surface area (Å²) in [5, 5.41) is 3.16. The number of nitrogens with one attached hydrogen (secondary N) is 1. The standard InChI is InChI=1S/C12H15NO3/c1-2-15-12(14)16-11-8-7-9-5-3-4-6-10(9)13-11/h3-6,11,13H,2,7-8H2,1H3. The predicted molar refractivity (Wildman–Crippen MR) is 60.3 cm³/mol. The molecule has 1 N–H and O–H groups in total. The number of anilines is 1. The molecule has 1 aromatic carbocycles. The lowest BCUT2D eigenvalue weighted by Gasteiger charge is -2.26. The Balaban J connectivity index is 1.95. The molecule has 1 aliphatic heterocycles. The molecule has 1 aromatic rings. The number of carbonyl (C=O) groups excluding carboxylic acids is 1. The third kappa shape index (κ3) is 2.45. The van der Waals surface area contributed by atoms with Gasteiger partial charge in [0.1, 0.15) is 0 Å². The van der Waals surface area contributed by atoms with Crippen LogP contribution in [0.1, 0.15) is 18.9 Å². The van der Waals surface area contributed by atoms with Crippen LogP contribution in [-0.2, 0) is 15.9 Å². The molecule has 4 heteroatoms. The zero-order valence-electron chi connectivity index (χ0n) is 9.23. The Kier molecular flexibility index (Phi) is 3.29. The summed E-state index contributed by atoms with van der Waals surface area (Å²) in [6, 6.07) is 8.02. The summed E-state index contributed by atoms with van der Waals surface area (Å²) >= 11 is 0. The Morgan fingerprint density at radius 2 is 2.31 bits per heavy atom. The molecule has 0 bridgehead atoms. The van der Waals surface area contributed by atoms with E-state index in [0.717, 1.165) is 18.5 Å². The molecular formula is C12H15NO3. The number of aryl methyl sites for hydroxylation is 1. The van der Waals surface area contributed by atoms with Crippen LogP contribution in [0, 0.1) is 0 Å². The quantitative estimate of drug-likeness (QED) is 0.779. The Morgan fingerprint density at radius 1 is 1.50 bits per heavy atom. The monoisotopic (exact) mass is 221 g/mol. The van der Waals surface area contributed by atoms with Crippen molar-refractivity contribution in [2.45, 2.75) is 26.0 Å². The van der Waals surface area contributed by atoms with Crippen LogP contribution >= 0.6 is 0 Å². The molecule has 0 fully saturated rings. The second-order valence-corrected chi connectivity index (χ2v) is 3.63. The fourth-order valence-corrected chi connectivity index (χ4v) is 1.77. The molecule has 0 radical (unpaired) electrons. The molecule has 1 aliphatic rings. The van der Waals surface area contributed by atoms with E-state index in [-0.39, 0.29) is 6.23 Å². The topological polar surface area (TPSA) is 47.6 Å². The summed E-state index contributed by atoms with van der Waals surface area (Å²) in [7, 11) is 0. The minimum absolute atomic E-state index is 0.283. The minimum Gasteiger partial charge on any atom is -0.435 e. The molecule has 86 valence electrons. The fraction of sp³-hybridized carbons (Fsp3) is 0.417. The van der Waals surface area contributed by atoms with E-state index in [4.69, 9.17) is 9.47 Å². The van der Waals surface area contributed by atoms with Gasteiger partial charge in [-0.1, -0.05) is 18.2 Å². The van der Waals surface area contributed by atoms with E-state index in [2.05, 4.69) is 11.4 Å². The first-order chi connectivity index (χ1) is 7.79. The van der Waals surface area contributed by atoms with Crippen molar-refractivity contribution in [3.05, 3.63) is 29.8 Å². The highest BCUT2D eigenvalue weighted by atomic mass is 16.7. The van der Waals surface area contributed by atoms with Gasteiger partial charge in [-0.05, 0) is 25.0 Å². The maximum absolute atomic E-state index is 11.1. The molecule has 1 atom stereocenters. The van der Waals surface area contributed by atoms with Gasteiger partial charge in [-0.15, -0.1) is 0 Å². The summed E-state index contributed by atoms with van der Waals surface area (Å²) in [5.74, 6) is 0.